The van der Waals surface area contributed by atoms with Crippen molar-refractivity contribution in [2.24, 2.45) is 45.3 Å². The van der Waals surface area contributed by atoms with E-state index in [0.29, 0.717) is 38.5 Å². The van der Waals surface area contributed by atoms with Crippen molar-refractivity contribution in [1.82, 2.24) is 0 Å². The molecule has 24 nitrogen and oxygen atoms in total. The highest BCUT2D eigenvalue weighted by atomic mass is 16.8. The first-order valence-electron chi connectivity index (χ1n) is 28.8. The van der Waals surface area contributed by atoms with Crippen molar-refractivity contribution in [1.29, 1.82) is 0 Å². The van der Waals surface area contributed by atoms with Gasteiger partial charge in [-0.15, -0.1) is 0 Å². The SMILES string of the molecule is CC(=O)OC[C@@H]1O[C@H](O[C@H]2[C@@H](O[C@H]3CC[C@@]4(C)[C@H](CC[C@]5(C)[C@@H]4C[C@@H](O)[C@@H]4[C@@H]([C@](C)(CCC=C(C)C)O[C@H]6O[C@@H](CO[C@H]7O[C@H](CO)[C@@H](O)[C@H](O)[C@H]7O)[C@H](O)[C@@H](O)[C@@H]6O)CC[C@]45C)C3(C)C)O[C@H](CO)[C@@H](O)[C@@H]2O)[C@@H](O)[C@H](O)[C@H]1O. The van der Waals surface area contributed by atoms with Crippen LogP contribution in [0.25, 0.3) is 0 Å². The van der Waals surface area contributed by atoms with Gasteiger partial charge in [-0.2, -0.15) is 0 Å². The summed E-state index contributed by atoms with van der Waals surface area (Å²) in [5.74, 6) is -1.21. The van der Waals surface area contributed by atoms with E-state index in [2.05, 4.69) is 40.7 Å². The van der Waals surface area contributed by atoms with Crippen LogP contribution in [0, 0.1) is 45.3 Å². The van der Waals surface area contributed by atoms with Crippen molar-refractivity contribution < 1.29 is 119 Å². The van der Waals surface area contributed by atoms with Crippen molar-refractivity contribution in [2.75, 3.05) is 26.4 Å². The number of rotatable bonds is 17. The van der Waals surface area contributed by atoms with E-state index in [9.17, 15) is 76.3 Å². The molecule has 0 aromatic heterocycles. The van der Waals surface area contributed by atoms with Gasteiger partial charge in [-0.3, -0.25) is 4.79 Å². The van der Waals surface area contributed by atoms with Gasteiger partial charge in [0.25, 0.3) is 0 Å². The minimum atomic E-state index is -1.85. The lowest BCUT2D eigenvalue weighted by atomic mass is 9.35. The average Bonchev–Trinajstić information content (AvgIpc) is 2.95. The van der Waals surface area contributed by atoms with Gasteiger partial charge >= 0.3 is 5.97 Å². The molecule has 0 aromatic carbocycles. The number of esters is 1. The predicted octanol–water partition coefficient (Wildman–Crippen LogP) is -1.63. The Morgan fingerprint density at radius 2 is 1.10 bits per heavy atom. The average molecular weight is 1150 g/mol. The molecule has 30 atom stereocenters. The molecule has 4 heterocycles. The molecule has 0 aromatic rings. The number of hydrogen-bond acceptors (Lipinski definition) is 24. The zero-order chi connectivity index (χ0) is 58.9. The maximum atomic E-state index is 12.9. The summed E-state index contributed by atoms with van der Waals surface area (Å²) in [7, 11) is 0. The third kappa shape index (κ3) is 11.6. The molecule has 4 aliphatic heterocycles. The lowest BCUT2D eigenvalue weighted by Crippen LogP contribution is -2.68. The number of ether oxygens (including phenoxy) is 9. The molecule has 8 rings (SSSR count). The third-order valence-corrected chi connectivity index (χ3v) is 21.2. The van der Waals surface area contributed by atoms with Crippen LogP contribution in [0.2, 0.25) is 0 Å². The molecule has 0 radical (unpaired) electrons. The first-order valence-corrected chi connectivity index (χ1v) is 28.8. The molecule has 0 amide bonds. The fourth-order valence-electron chi connectivity index (χ4n) is 16.4. The van der Waals surface area contributed by atoms with E-state index in [-0.39, 0.29) is 34.5 Å². The second-order valence-electron chi connectivity index (χ2n) is 26.4. The summed E-state index contributed by atoms with van der Waals surface area (Å²) in [4.78, 5) is 11.6. The van der Waals surface area contributed by atoms with Gasteiger partial charge in [0.1, 0.15) is 104 Å². The number of aliphatic hydroxyl groups excluding tert-OH is 14. The van der Waals surface area contributed by atoms with Crippen LogP contribution in [0.5, 0.6) is 0 Å². The standard InChI is InChI=1S/C56H94O24/c1-24(2)11-10-15-56(9,80-50-46(71)42(67)39(64)31(77-50)23-73-48-44(69)40(65)36(61)28(20-57)74-48)26-12-17-55(8)35(26)27(60)19-33-53(6)16-14-34(52(4,5)32(53)13-18-54(33,55)7)78-51-47(43(68)37(62)29(21-58)75-51)79-49-45(70)41(66)38(63)30(76-49)22-72-25(3)59/h11,26-51,57-58,60-71H,10,12-23H2,1-9H3/t26-,27+,28+,29+,30-,31-,32+,33+,34-,35-,36+,37+,38-,39-,40-,41+,42+,43-,44+,45-,46-,47+,48-,49+,50+,51+,53-,54+,55+,56-/m0/s1. The van der Waals surface area contributed by atoms with Crippen LogP contribution in [-0.2, 0) is 47.4 Å². The van der Waals surface area contributed by atoms with E-state index < -0.39 is 184 Å². The van der Waals surface area contributed by atoms with Gasteiger partial charge in [0.05, 0.1) is 37.6 Å². The smallest absolute Gasteiger partial charge is 0.302 e. The summed E-state index contributed by atoms with van der Waals surface area (Å²) in [6, 6.07) is 0. The van der Waals surface area contributed by atoms with Gasteiger partial charge in [-0.1, -0.05) is 46.3 Å². The zero-order valence-electron chi connectivity index (χ0n) is 47.6. The van der Waals surface area contributed by atoms with Gasteiger partial charge in [0, 0.05) is 6.92 Å². The summed E-state index contributed by atoms with van der Waals surface area (Å²) < 4.78 is 54.2. The molecule has 0 unspecified atom stereocenters. The molecule has 4 saturated heterocycles. The lowest BCUT2D eigenvalue weighted by Gasteiger charge is -2.71. The molecule has 24 heteroatoms. The predicted molar refractivity (Wildman–Crippen MR) is 276 cm³/mol. The largest absolute Gasteiger partial charge is 0.463 e. The van der Waals surface area contributed by atoms with E-state index in [1.54, 1.807) is 0 Å². The Morgan fingerprint density at radius 3 is 1.70 bits per heavy atom. The minimum Gasteiger partial charge on any atom is -0.463 e. The van der Waals surface area contributed by atoms with Gasteiger partial charge in [0.2, 0.25) is 0 Å². The molecular weight excluding hydrogens is 1060 g/mol. The van der Waals surface area contributed by atoms with Crippen molar-refractivity contribution in [2.45, 2.75) is 261 Å². The van der Waals surface area contributed by atoms with E-state index in [1.165, 1.54) is 0 Å². The molecule has 4 saturated carbocycles. The Labute approximate surface area is 467 Å². The molecule has 80 heavy (non-hydrogen) atoms. The van der Waals surface area contributed by atoms with Crippen LogP contribution < -0.4 is 0 Å². The van der Waals surface area contributed by atoms with Crippen LogP contribution >= 0.6 is 0 Å². The van der Waals surface area contributed by atoms with E-state index >= 15 is 0 Å². The Bertz CT molecular complexity index is 2120. The zero-order valence-corrected chi connectivity index (χ0v) is 47.6. The van der Waals surface area contributed by atoms with Crippen molar-refractivity contribution in [3.8, 4) is 0 Å². The van der Waals surface area contributed by atoms with Crippen LogP contribution in [0.3, 0.4) is 0 Å². The first kappa shape index (κ1) is 64.3. The van der Waals surface area contributed by atoms with Gasteiger partial charge in [-0.25, -0.2) is 0 Å². The second-order valence-corrected chi connectivity index (χ2v) is 26.4. The highest BCUT2D eigenvalue weighted by Gasteiger charge is 2.72. The Hall–Kier alpha value is -1.67. The lowest BCUT2D eigenvalue weighted by molar-refractivity contribution is -0.378. The van der Waals surface area contributed by atoms with Gasteiger partial charge in [-0.05, 0) is 124 Å². The maximum absolute atomic E-state index is 12.9. The van der Waals surface area contributed by atoms with Gasteiger partial charge in [0.15, 0.2) is 25.2 Å². The second kappa shape index (κ2) is 24.6. The third-order valence-electron chi connectivity index (χ3n) is 21.2. The quantitative estimate of drug-likeness (QED) is 0.0442. The summed E-state index contributed by atoms with van der Waals surface area (Å²) in [6.07, 6.45) is -25.6. The van der Waals surface area contributed by atoms with E-state index in [0.717, 1.165) is 31.8 Å². The molecule has 0 bridgehead atoms. The topological polar surface area (TPSA) is 383 Å². The number of fused-ring (bicyclic) bond motifs is 5. The highest BCUT2D eigenvalue weighted by Crippen LogP contribution is 2.76. The monoisotopic (exact) mass is 1150 g/mol. The molecule has 14 N–H and O–H groups in total. The van der Waals surface area contributed by atoms with Crippen LogP contribution in [0.4, 0.5) is 0 Å². The van der Waals surface area contributed by atoms with Crippen molar-refractivity contribution in [3.63, 3.8) is 0 Å². The van der Waals surface area contributed by atoms with Crippen LogP contribution in [-0.4, -0.2) is 245 Å². The number of carbonyl (C=O) groups is 1. The van der Waals surface area contributed by atoms with Gasteiger partial charge < -0.3 is 114 Å². The molecule has 0 spiro atoms. The summed E-state index contributed by atoms with van der Waals surface area (Å²) >= 11 is 0. The van der Waals surface area contributed by atoms with Crippen LogP contribution in [0.1, 0.15) is 120 Å². The number of hydrogen-bond donors (Lipinski definition) is 14. The van der Waals surface area contributed by atoms with E-state index in [1.807, 2.05) is 20.8 Å². The Kier molecular flexibility index (Phi) is 19.8. The Balaban J connectivity index is 1.00. The summed E-state index contributed by atoms with van der Waals surface area (Å²) in [5, 5.41) is 153. The van der Waals surface area contributed by atoms with E-state index in [4.69, 9.17) is 42.6 Å². The molecular formula is C56H94O24. The molecule has 8 aliphatic rings. The summed E-state index contributed by atoms with van der Waals surface area (Å²) in [6.45, 7) is 15.9. The number of aliphatic hydroxyl groups is 14. The number of carbonyl (C=O) groups excluding carboxylic acids is 1. The fourth-order valence-corrected chi connectivity index (χ4v) is 16.4. The highest BCUT2D eigenvalue weighted by molar-refractivity contribution is 5.65. The first-order chi connectivity index (χ1) is 37.4. The molecule has 4 aliphatic carbocycles. The van der Waals surface area contributed by atoms with Crippen molar-refractivity contribution >= 4 is 5.97 Å². The Morgan fingerprint density at radius 1 is 0.575 bits per heavy atom. The maximum Gasteiger partial charge on any atom is 0.302 e. The summed E-state index contributed by atoms with van der Waals surface area (Å²) in [5.41, 5.74) is -1.67. The van der Waals surface area contributed by atoms with Crippen molar-refractivity contribution in [3.05, 3.63) is 11.6 Å². The number of allylic oxidation sites excluding steroid dienone is 2. The molecule has 462 valence electrons. The fraction of sp³-hybridized carbons (Fsp3) is 0.946. The molecule has 8 fully saturated rings. The normalized spacial score (nSPS) is 51.0. The van der Waals surface area contributed by atoms with Crippen LogP contribution in [0.15, 0.2) is 11.6 Å². The minimum absolute atomic E-state index is 0.0210.